The quantitative estimate of drug-likeness (QED) is 0.372. The Morgan fingerprint density at radius 2 is 0.850 bits per heavy atom. The van der Waals surface area contributed by atoms with Crippen molar-refractivity contribution < 1.29 is 0 Å². The zero-order chi connectivity index (χ0) is 27.6. The Labute approximate surface area is 248 Å². The monoisotopic (exact) mass is 552 g/mol. The second-order valence-electron chi connectivity index (χ2n) is 15.2. The molecule has 0 aromatic rings. The summed E-state index contributed by atoms with van der Waals surface area (Å²) in [5, 5.41) is 0. The van der Waals surface area contributed by atoms with Crippen LogP contribution in [0.4, 0.5) is 0 Å². The summed E-state index contributed by atoms with van der Waals surface area (Å²) in [5.74, 6) is 6.01. The predicted octanol–water partition coefficient (Wildman–Crippen LogP) is 10.8. The normalized spacial score (nSPS) is 38.6. The van der Waals surface area contributed by atoms with Crippen LogP contribution in [0.15, 0.2) is 9.98 Å². The van der Waals surface area contributed by atoms with Crippen LogP contribution in [-0.2, 0) is 0 Å². The van der Waals surface area contributed by atoms with Gasteiger partial charge in [0, 0.05) is 11.8 Å². The summed E-state index contributed by atoms with van der Waals surface area (Å²) in [6.07, 6.45) is 38.6. The molecule has 0 aromatic carbocycles. The number of fused-ring (bicyclic) bond motifs is 1. The topological polar surface area (TPSA) is 50.7 Å². The van der Waals surface area contributed by atoms with E-state index < -0.39 is 0 Å². The van der Waals surface area contributed by atoms with Gasteiger partial charge in [-0.25, -0.2) is 4.99 Å². The molecule has 0 saturated heterocycles. The molecule has 0 spiro atoms. The highest BCUT2D eigenvalue weighted by Crippen LogP contribution is 2.49. The average molecular weight is 552 g/mol. The number of rotatable bonds is 3. The lowest BCUT2D eigenvalue weighted by molar-refractivity contribution is 0.129. The first kappa shape index (κ1) is 30.6. The molecule has 4 aliphatic carbocycles. The number of nitrogens with two attached hydrogens (primary N) is 1. The lowest BCUT2D eigenvalue weighted by atomic mass is 9.71. The van der Waals surface area contributed by atoms with Crippen LogP contribution in [0.25, 0.3) is 0 Å². The van der Waals surface area contributed by atoms with E-state index in [0.29, 0.717) is 11.8 Å². The van der Waals surface area contributed by atoms with Crippen LogP contribution in [0.3, 0.4) is 0 Å². The van der Waals surface area contributed by atoms with Crippen molar-refractivity contribution in [2.45, 2.75) is 186 Å². The molecule has 5 rings (SSSR count). The van der Waals surface area contributed by atoms with E-state index in [1.807, 2.05) is 0 Å². The Kier molecular flexibility index (Phi) is 11.9. The van der Waals surface area contributed by atoms with Crippen molar-refractivity contribution in [3.8, 4) is 0 Å². The maximum absolute atomic E-state index is 6.61. The molecule has 2 N–H and O–H groups in total. The molecule has 1 aliphatic heterocycles. The second-order valence-corrected chi connectivity index (χ2v) is 15.2. The van der Waals surface area contributed by atoms with Gasteiger partial charge < -0.3 is 5.73 Å². The number of hydrogen-bond acceptors (Lipinski definition) is 3. The molecule has 0 radical (unpaired) electrons. The first-order valence-electron chi connectivity index (χ1n) is 18.6. The van der Waals surface area contributed by atoms with E-state index in [-0.39, 0.29) is 5.66 Å². The van der Waals surface area contributed by atoms with Crippen LogP contribution in [0.5, 0.6) is 0 Å². The molecule has 3 nitrogen and oxygen atoms in total. The fraction of sp³-hybridized carbons (Fsp3) is 0.946. The van der Waals surface area contributed by atoms with Crippen LogP contribution in [0.1, 0.15) is 180 Å². The third-order valence-corrected chi connectivity index (χ3v) is 12.4. The summed E-state index contributed by atoms with van der Waals surface area (Å²) in [6, 6.07) is 0. The van der Waals surface area contributed by atoms with Crippen LogP contribution in [0, 0.1) is 35.5 Å². The molecule has 3 heteroatoms. The summed E-state index contributed by atoms with van der Waals surface area (Å²) in [5.41, 5.74) is 7.37. The molecule has 5 aliphatic rings. The molecular formula is C37H65N3. The summed E-state index contributed by atoms with van der Waals surface area (Å²) in [4.78, 5) is 11.0. The second kappa shape index (κ2) is 15.6. The summed E-state index contributed by atoms with van der Waals surface area (Å²) >= 11 is 0. The molecule has 40 heavy (non-hydrogen) atoms. The molecule has 0 amide bonds. The Bertz CT molecular complexity index is 784. The van der Waals surface area contributed by atoms with E-state index >= 15 is 0 Å². The van der Waals surface area contributed by atoms with Gasteiger partial charge in [0.05, 0.1) is 5.71 Å². The maximum Gasteiger partial charge on any atom is 0.158 e. The van der Waals surface area contributed by atoms with Crippen LogP contribution in [-0.4, -0.2) is 17.2 Å². The van der Waals surface area contributed by atoms with E-state index in [2.05, 4.69) is 6.92 Å². The van der Waals surface area contributed by atoms with Crippen molar-refractivity contribution >= 4 is 11.5 Å². The number of aliphatic imine (C=N–C) groups is 2. The van der Waals surface area contributed by atoms with Gasteiger partial charge >= 0.3 is 0 Å². The molecule has 4 saturated carbocycles. The lowest BCUT2D eigenvalue weighted by Gasteiger charge is -2.41. The van der Waals surface area contributed by atoms with Crippen molar-refractivity contribution in [1.82, 2.24) is 0 Å². The Morgan fingerprint density at radius 1 is 0.450 bits per heavy atom. The van der Waals surface area contributed by atoms with E-state index in [9.17, 15) is 0 Å². The van der Waals surface area contributed by atoms with Gasteiger partial charge in [-0.3, -0.25) is 4.99 Å². The standard InChI is InChI=1S/C37H65N3/c1-29-36(38)40-37(39-29,34-23-12-8-4-2-3-5-9-13-24-34)35-25-14-10-6-7-11-18-31(26-27-35)30-19-15-16-20-32-28-33(32)22-17-21-30/h30-35H,2-28H2,1H3,(H2,38,40). The predicted molar refractivity (Wildman–Crippen MR) is 173 cm³/mol. The SMILES string of the molecule is CC1=NC(C2CCCCCCCCCC2)(C2CCCCCCCC(C3CCCCC4CC4CCC3)CC2)N=C1N. The number of amidine groups is 1. The average Bonchev–Trinajstić information content (AvgIpc) is 3.65. The van der Waals surface area contributed by atoms with Gasteiger partial charge in [-0.1, -0.05) is 135 Å². The fourth-order valence-corrected chi connectivity index (χ4v) is 9.75. The highest BCUT2D eigenvalue weighted by atomic mass is 15.2. The van der Waals surface area contributed by atoms with Gasteiger partial charge in [0.2, 0.25) is 0 Å². The van der Waals surface area contributed by atoms with E-state index in [4.69, 9.17) is 15.7 Å². The van der Waals surface area contributed by atoms with E-state index in [1.165, 1.54) is 167 Å². The first-order valence-corrected chi connectivity index (χ1v) is 18.6. The molecule has 6 atom stereocenters. The largest absolute Gasteiger partial charge is 0.382 e. The minimum atomic E-state index is -0.266. The molecule has 0 bridgehead atoms. The summed E-state index contributed by atoms with van der Waals surface area (Å²) in [6.45, 7) is 2.14. The Balaban J connectivity index is 1.34. The molecular weight excluding hydrogens is 486 g/mol. The zero-order valence-electron chi connectivity index (χ0n) is 26.5. The lowest BCUT2D eigenvalue weighted by Crippen LogP contribution is -2.42. The third kappa shape index (κ3) is 8.37. The minimum absolute atomic E-state index is 0.266. The van der Waals surface area contributed by atoms with E-state index in [0.717, 1.165) is 35.2 Å². The van der Waals surface area contributed by atoms with Crippen molar-refractivity contribution in [3.05, 3.63) is 0 Å². The minimum Gasteiger partial charge on any atom is -0.382 e. The first-order chi connectivity index (χ1) is 19.7. The van der Waals surface area contributed by atoms with Crippen molar-refractivity contribution in [1.29, 1.82) is 0 Å². The van der Waals surface area contributed by atoms with Gasteiger partial charge in [-0.15, -0.1) is 0 Å². The van der Waals surface area contributed by atoms with Gasteiger partial charge in [0.15, 0.2) is 5.66 Å². The fourth-order valence-electron chi connectivity index (χ4n) is 9.75. The van der Waals surface area contributed by atoms with Crippen molar-refractivity contribution in [2.75, 3.05) is 0 Å². The van der Waals surface area contributed by atoms with Gasteiger partial charge in [-0.2, -0.15) is 0 Å². The van der Waals surface area contributed by atoms with E-state index in [1.54, 1.807) is 6.42 Å². The smallest absolute Gasteiger partial charge is 0.158 e. The van der Waals surface area contributed by atoms with Crippen molar-refractivity contribution in [3.63, 3.8) is 0 Å². The van der Waals surface area contributed by atoms with Gasteiger partial charge in [0.25, 0.3) is 0 Å². The van der Waals surface area contributed by atoms with Crippen LogP contribution >= 0.6 is 0 Å². The summed E-state index contributed by atoms with van der Waals surface area (Å²) in [7, 11) is 0. The van der Waals surface area contributed by atoms with Gasteiger partial charge in [0.1, 0.15) is 5.84 Å². The highest BCUT2D eigenvalue weighted by molar-refractivity contribution is 6.41. The van der Waals surface area contributed by atoms with Crippen LogP contribution in [0.2, 0.25) is 0 Å². The third-order valence-electron chi connectivity index (χ3n) is 12.4. The highest BCUT2D eigenvalue weighted by Gasteiger charge is 2.47. The number of hydrogen-bond donors (Lipinski definition) is 1. The molecule has 0 aromatic heterocycles. The Morgan fingerprint density at radius 3 is 1.40 bits per heavy atom. The van der Waals surface area contributed by atoms with Gasteiger partial charge in [-0.05, 0) is 69.1 Å². The summed E-state index contributed by atoms with van der Waals surface area (Å²) < 4.78 is 0. The molecule has 228 valence electrons. The zero-order valence-corrected chi connectivity index (χ0v) is 26.5. The maximum atomic E-state index is 6.61. The molecule has 4 fully saturated rings. The number of nitrogens with zero attached hydrogens (tertiary/aromatic N) is 2. The molecule has 6 unspecified atom stereocenters. The van der Waals surface area contributed by atoms with Crippen LogP contribution < -0.4 is 5.73 Å². The van der Waals surface area contributed by atoms with Crippen molar-refractivity contribution in [2.24, 2.45) is 51.2 Å². The molecule has 1 heterocycles. The Hall–Kier alpha value is -0.860.